The number of amides is 1. The van der Waals surface area contributed by atoms with E-state index in [1.165, 1.54) is 0 Å². The summed E-state index contributed by atoms with van der Waals surface area (Å²) in [4.78, 5) is 11.5. The second kappa shape index (κ2) is 7.71. The van der Waals surface area contributed by atoms with Crippen molar-refractivity contribution in [2.24, 2.45) is 11.7 Å². The van der Waals surface area contributed by atoms with Gasteiger partial charge in [-0.25, -0.2) is 0 Å². The van der Waals surface area contributed by atoms with Crippen molar-refractivity contribution in [3.05, 3.63) is 29.8 Å². The number of benzene rings is 1. The predicted octanol–water partition coefficient (Wildman–Crippen LogP) is 1.47. The van der Waals surface area contributed by atoms with Crippen LogP contribution in [0.3, 0.4) is 0 Å². The number of nitrogens with two attached hydrogens (primary N) is 1. The molecule has 0 saturated carbocycles. The van der Waals surface area contributed by atoms with E-state index in [-0.39, 0.29) is 5.91 Å². The third-order valence-electron chi connectivity index (χ3n) is 2.64. The molecule has 0 aromatic heterocycles. The molecule has 0 aliphatic rings. The van der Waals surface area contributed by atoms with Gasteiger partial charge in [-0.05, 0) is 37.1 Å². The summed E-state index contributed by atoms with van der Waals surface area (Å²) in [6, 6.07) is 7.79. The minimum absolute atomic E-state index is 0.00273. The summed E-state index contributed by atoms with van der Waals surface area (Å²) >= 11 is 0. The Labute approximate surface area is 109 Å². The monoisotopic (exact) mass is 250 g/mol. The maximum absolute atomic E-state index is 11.5. The number of carbonyl (C=O) groups excluding carboxylic acids is 1. The molecule has 0 aliphatic carbocycles. The first-order valence-corrected chi connectivity index (χ1v) is 6.28. The van der Waals surface area contributed by atoms with Crippen LogP contribution >= 0.6 is 0 Å². The lowest BCUT2D eigenvalue weighted by atomic mass is 10.2. The van der Waals surface area contributed by atoms with E-state index in [1.54, 1.807) is 0 Å². The van der Waals surface area contributed by atoms with Crippen molar-refractivity contribution in [1.29, 1.82) is 0 Å². The van der Waals surface area contributed by atoms with E-state index in [1.807, 2.05) is 38.1 Å². The van der Waals surface area contributed by atoms with Gasteiger partial charge in [-0.3, -0.25) is 4.79 Å². The summed E-state index contributed by atoms with van der Waals surface area (Å²) in [6.45, 7) is 5.61. The zero-order chi connectivity index (χ0) is 13.4. The van der Waals surface area contributed by atoms with Gasteiger partial charge in [0.25, 0.3) is 0 Å². The Morgan fingerprint density at radius 2 is 2.28 bits per heavy atom. The number of carbonyl (C=O) groups is 1. The highest BCUT2D eigenvalue weighted by molar-refractivity contribution is 5.75. The standard InChI is InChI=1S/C14H22N2O2/c1-11-4-3-5-13(8-11)18-7-6-14(17)16-10-12(2)9-15/h3-5,8,12H,6-7,9-10,15H2,1-2H3,(H,16,17). The Kier molecular flexibility index (Phi) is 6.22. The number of hydrogen-bond donors (Lipinski definition) is 2. The lowest BCUT2D eigenvalue weighted by Crippen LogP contribution is -2.31. The molecular formula is C14H22N2O2. The summed E-state index contributed by atoms with van der Waals surface area (Å²) in [5, 5.41) is 2.83. The Morgan fingerprint density at radius 3 is 2.94 bits per heavy atom. The maximum Gasteiger partial charge on any atom is 0.223 e. The van der Waals surface area contributed by atoms with Gasteiger partial charge in [0.15, 0.2) is 0 Å². The Bertz CT molecular complexity index is 380. The first-order valence-electron chi connectivity index (χ1n) is 6.28. The Hall–Kier alpha value is -1.55. The molecule has 1 aromatic rings. The fraction of sp³-hybridized carbons (Fsp3) is 0.500. The molecule has 100 valence electrons. The van der Waals surface area contributed by atoms with Gasteiger partial charge in [0.05, 0.1) is 13.0 Å². The smallest absolute Gasteiger partial charge is 0.223 e. The molecule has 1 amide bonds. The van der Waals surface area contributed by atoms with Crippen molar-refractivity contribution in [3.8, 4) is 5.75 Å². The molecule has 3 N–H and O–H groups in total. The third-order valence-corrected chi connectivity index (χ3v) is 2.64. The van der Waals surface area contributed by atoms with Crippen LogP contribution in [0.15, 0.2) is 24.3 Å². The Morgan fingerprint density at radius 1 is 1.50 bits per heavy atom. The molecule has 4 heteroatoms. The highest BCUT2D eigenvalue weighted by Gasteiger charge is 2.04. The highest BCUT2D eigenvalue weighted by Crippen LogP contribution is 2.12. The molecule has 1 aromatic carbocycles. The summed E-state index contributed by atoms with van der Waals surface area (Å²) < 4.78 is 5.51. The number of ether oxygens (including phenoxy) is 1. The van der Waals surface area contributed by atoms with Gasteiger partial charge in [-0.1, -0.05) is 19.1 Å². The van der Waals surface area contributed by atoms with E-state index in [0.29, 0.717) is 32.0 Å². The minimum Gasteiger partial charge on any atom is -0.493 e. The van der Waals surface area contributed by atoms with E-state index in [0.717, 1.165) is 11.3 Å². The lowest BCUT2D eigenvalue weighted by molar-refractivity contribution is -0.121. The van der Waals surface area contributed by atoms with Crippen molar-refractivity contribution in [1.82, 2.24) is 5.32 Å². The number of aryl methyl sites for hydroxylation is 1. The van der Waals surface area contributed by atoms with E-state index < -0.39 is 0 Å². The molecule has 0 bridgehead atoms. The molecule has 0 fully saturated rings. The van der Waals surface area contributed by atoms with Crippen molar-refractivity contribution < 1.29 is 9.53 Å². The van der Waals surface area contributed by atoms with E-state index in [2.05, 4.69) is 5.32 Å². The number of nitrogens with one attached hydrogen (secondary N) is 1. The third kappa shape index (κ3) is 5.68. The van der Waals surface area contributed by atoms with Crippen LogP contribution in [0.4, 0.5) is 0 Å². The van der Waals surface area contributed by atoms with Crippen molar-refractivity contribution >= 4 is 5.91 Å². The second-order valence-electron chi connectivity index (χ2n) is 4.56. The fourth-order valence-electron chi connectivity index (χ4n) is 1.43. The van der Waals surface area contributed by atoms with Crippen LogP contribution in [-0.2, 0) is 4.79 Å². The summed E-state index contributed by atoms with van der Waals surface area (Å²) in [6.07, 6.45) is 0.366. The van der Waals surface area contributed by atoms with Crippen LogP contribution in [0.25, 0.3) is 0 Å². The van der Waals surface area contributed by atoms with E-state index >= 15 is 0 Å². The van der Waals surface area contributed by atoms with Crippen LogP contribution < -0.4 is 15.8 Å². The molecule has 1 rings (SSSR count). The largest absolute Gasteiger partial charge is 0.493 e. The SMILES string of the molecule is Cc1cccc(OCCC(=O)NCC(C)CN)c1. The number of rotatable bonds is 7. The molecule has 18 heavy (non-hydrogen) atoms. The topological polar surface area (TPSA) is 64.3 Å². The van der Waals surface area contributed by atoms with Crippen LogP contribution in [0.2, 0.25) is 0 Å². The molecule has 0 spiro atoms. The zero-order valence-electron chi connectivity index (χ0n) is 11.1. The average molecular weight is 250 g/mol. The van der Waals surface area contributed by atoms with Crippen LogP contribution in [0.5, 0.6) is 5.75 Å². The van der Waals surface area contributed by atoms with Crippen LogP contribution in [0, 0.1) is 12.8 Å². The highest BCUT2D eigenvalue weighted by atomic mass is 16.5. The molecule has 0 radical (unpaired) electrons. The van der Waals surface area contributed by atoms with Gasteiger partial charge in [-0.15, -0.1) is 0 Å². The second-order valence-corrected chi connectivity index (χ2v) is 4.56. The van der Waals surface area contributed by atoms with Crippen molar-refractivity contribution in [3.63, 3.8) is 0 Å². The molecular weight excluding hydrogens is 228 g/mol. The fourth-order valence-corrected chi connectivity index (χ4v) is 1.43. The molecule has 1 unspecified atom stereocenters. The molecule has 0 saturated heterocycles. The van der Waals surface area contributed by atoms with Crippen molar-refractivity contribution in [2.45, 2.75) is 20.3 Å². The first-order chi connectivity index (χ1) is 8.61. The van der Waals surface area contributed by atoms with Crippen LogP contribution in [0.1, 0.15) is 18.9 Å². The van der Waals surface area contributed by atoms with Gasteiger partial charge in [0.2, 0.25) is 5.91 Å². The Balaban J connectivity index is 2.19. The average Bonchev–Trinajstić information content (AvgIpc) is 2.36. The van der Waals surface area contributed by atoms with Gasteiger partial charge < -0.3 is 15.8 Å². The molecule has 4 nitrogen and oxygen atoms in total. The molecule has 1 atom stereocenters. The quantitative estimate of drug-likeness (QED) is 0.770. The van der Waals surface area contributed by atoms with Crippen LogP contribution in [-0.4, -0.2) is 25.6 Å². The normalized spacial score (nSPS) is 11.9. The minimum atomic E-state index is 0.00273. The van der Waals surface area contributed by atoms with Gasteiger partial charge >= 0.3 is 0 Å². The van der Waals surface area contributed by atoms with Gasteiger partial charge in [0.1, 0.15) is 5.75 Å². The lowest BCUT2D eigenvalue weighted by Gasteiger charge is -2.10. The summed E-state index contributed by atoms with van der Waals surface area (Å²) in [7, 11) is 0. The number of hydrogen-bond acceptors (Lipinski definition) is 3. The summed E-state index contributed by atoms with van der Waals surface area (Å²) in [5.41, 5.74) is 6.62. The molecule has 0 heterocycles. The van der Waals surface area contributed by atoms with E-state index in [4.69, 9.17) is 10.5 Å². The van der Waals surface area contributed by atoms with Gasteiger partial charge in [-0.2, -0.15) is 0 Å². The van der Waals surface area contributed by atoms with Crippen molar-refractivity contribution in [2.75, 3.05) is 19.7 Å². The zero-order valence-corrected chi connectivity index (χ0v) is 11.1. The summed E-state index contributed by atoms with van der Waals surface area (Å²) in [5.74, 6) is 1.12. The maximum atomic E-state index is 11.5. The predicted molar refractivity (Wildman–Crippen MR) is 72.5 cm³/mol. The van der Waals surface area contributed by atoms with E-state index in [9.17, 15) is 4.79 Å². The molecule has 0 aliphatic heterocycles. The van der Waals surface area contributed by atoms with Gasteiger partial charge in [0, 0.05) is 6.54 Å². The first kappa shape index (κ1) is 14.5.